The number of carbonyl (C=O) groups is 1. The number of benzene rings is 1. The van der Waals surface area contributed by atoms with E-state index in [1.807, 2.05) is 30.0 Å². The summed E-state index contributed by atoms with van der Waals surface area (Å²) in [6.07, 6.45) is 3.11. The Balaban J connectivity index is 2.11. The number of pyridine rings is 1. The number of aliphatic carboxylic acids is 1. The van der Waals surface area contributed by atoms with Gasteiger partial charge in [-0.3, -0.25) is 14.7 Å². The Morgan fingerprint density at radius 2 is 2.22 bits per heavy atom. The van der Waals surface area contributed by atoms with Crippen LogP contribution in [0.3, 0.4) is 0 Å². The summed E-state index contributed by atoms with van der Waals surface area (Å²) >= 11 is 0. The largest absolute Gasteiger partial charge is 0.480 e. The van der Waals surface area contributed by atoms with E-state index in [4.69, 9.17) is 0 Å². The number of likely N-dealkylation sites (tertiary alicyclic amines) is 1. The topological polar surface area (TPSA) is 53.4 Å². The second-order valence-electron chi connectivity index (χ2n) is 5.90. The summed E-state index contributed by atoms with van der Waals surface area (Å²) in [5.74, 6) is -1.16. The summed E-state index contributed by atoms with van der Waals surface area (Å²) < 4.78 is 13.7. The molecule has 1 N–H and O–H groups in total. The highest BCUT2D eigenvalue weighted by molar-refractivity contribution is 5.74. The molecule has 1 fully saturated rings. The van der Waals surface area contributed by atoms with Gasteiger partial charge in [0.05, 0.1) is 11.7 Å². The number of hydrogen-bond acceptors (Lipinski definition) is 3. The first-order valence-electron chi connectivity index (χ1n) is 7.73. The molecule has 5 heteroatoms. The summed E-state index contributed by atoms with van der Waals surface area (Å²) in [5, 5.41) is 9.51. The molecule has 1 aromatic carbocycles. The summed E-state index contributed by atoms with van der Waals surface area (Å²) in [4.78, 5) is 18.0. The fourth-order valence-electron chi connectivity index (χ4n) is 3.33. The van der Waals surface area contributed by atoms with Crippen molar-refractivity contribution in [3.63, 3.8) is 0 Å². The molecule has 1 aliphatic rings. The maximum atomic E-state index is 13.7. The molecular formula is C18H19FN2O2. The average molecular weight is 314 g/mol. The van der Waals surface area contributed by atoms with Crippen LogP contribution in [0.4, 0.5) is 4.39 Å². The number of halogens is 1. The lowest BCUT2D eigenvalue weighted by atomic mass is 9.97. The number of hydrogen-bond donors (Lipinski definition) is 1. The third-order valence-electron chi connectivity index (χ3n) is 4.38. The first-order valence-corrected chi connectivity index (χ1v) is 7.73. The van der Waals surface area contributed by atoms with Gasteiger partial charge >= 0.3 is 5.97 Å². The quantitative estimate of drug-likeness (QED) is 0.942. The van der Waals surface area contributed by atoms with Crippen LogP contribution in [0.25, 0.3) is 0 Å². The molecule has 23 heavy (non-hydrogen) atoms. The highest BCUT2D eigenvalue weighted by atomic mass is 19.1. The zero-order chi connectivity index (χ0) is 16.4. The normalized spacial score (nSPS) is 19.7. The maximum Gasteiger partial charge on any atom is 0.320 e. The van der Waals surface area contributed by atoms with Crippen LogP contribution in [0, 0.1) is 12.7 Å². The smallest absolute Gasteiger partial charge is 0.320 e. The van der Waals surface area contributed by atoms with Crippen LogP contribution in [0.2, 0.25) is 0 Å². The average Bonchev–Trinajstić information content (AvgIpc) is 2.99. The minimum absolute atomic E-state index is 0.327. The van der Waals surface area contributed by atoms with Gasteiger partial charge in [-0.15, -0.1) is 0 Å². The standard InChI is InChI=1S/C18H19FN2O2/c1-12-5-3-9-20-16(12)17(13-6-2-7-14(19)11-13)21-10-4-8-15(21)18(22)23/h2-3,5-7,9,11,15,17H,4,8,10H2,1H3,(H,22,23). The minimum atomic E-state index is -0.836. The third-order valence-corrected chi connectivity index (χ3v) is 4.38. The second kappa shape index (κ2) is 6.46. The first kappa shape index (κ1) is 15.6. The highest BCUT2D eigenvalue weighted by Crippen LogP contribution is 2.35. The fraction of sp³-hybridized carbons (Fsp3) is 0.333. The first-order chi connectivity index (χ1) is 11.1. The maximum absolute atomic E-state index is 13.7. The van der Waals surface area contributed by atoms with Gasteiger partial charge in [0.2, 0.25) is 0 Å². The fourth-order valence-corrected chi connectivity index (χ4v) is 3.33. The van der Waals surface area contributed by atoms with Crippen molar-refractivity contribution in [1.82, 2.24) is 9.88 Å². The molecule has 2 heterocycles. The number of rotatable bonds is 4. The lowest BCUT2D eigenvalue weighted by molar-refractivity contribution is -0.142. The van der Waals surface area contributed by atoms with Crippen LogP contribution in [-0.4, -0.2) is 33.5 Å². The van der Waals surface area contributed by atoms with Crippen molar-refractivity contribution in [3.05, 3.63) is 65.2 Å². The van der Waals surface area contributed by atoms with Gasteiger partial charge in [0, 0.05) is 12.7 Å². The summed E-state index contributed by atoms with van der Waals surface area (Å²) in [6, 6.07) is 9.22. The van der Waals surface area contributed by atoms with Crippen molar-refractivity contribution >= 4 is 5.97 Å². The number of aromatic nitrogens is 1. The van der Waals surface area contributed by atoms with Crippen LogP contribution >= 0.6 is 0 Å². The minimum Gasteiger partial charge on any atom is -0.480 e. The Morgan fingerprint density at radius 3 is 2.91 bits per heavy atom. The molecule has 3 rings (SSSR count). The van der Waals surface area contributed by atoms with Gasteiger partial charge in [-0.2, -0.15) is 0 Å². The zero-order valence-electron chi connectivity index (χ0n) is 12.9. The molecule has 0 radical (unpaired) electrons. The lowest BCUT2D eigenvalue weighted by Gasteiger charge is -2.32. The van der Waals surface area contributed by atoms with Crippen LogP contribution < -0.4 is 0 Å². The molecule has 2 atom stereocenters. The number of nitrogens with zero attached hydrogens (tertiary/aromatic N) is 2. The van der Waals surface area contributed by atoms with Crippen molar-refractivity contribution in [2.75, 3.05) is 6.54 Å². The molecule has 0 spiro atoms. The van der Waals surface area contributed by atoms with Crippen LogP contribution in [0.1, 0.15) is 35.7 Å². The molecule has 1 aromatic heterocycles. The molecule has 2 aromatic rings. The van der Waals surface area contributed by atoms with E-state index >= 15 is 0 Å². The Kier molecular flexibility index (Phi) is 4.39. The van der Waals surface area contributed by atoms with Gasteiger partial charge < -0.3 is 5.11 Å². The highest BCUT2D eigenvalue weighted by Gasteiger charge is 2.37. The molecule has 0 bridgehead atoms. The molecule has 0 aliphatic carbocycles. The van der Waals surface area contributed by atoms with E-state index in [2.05, 4.69) is 4.98 Å². The predicted octanol–water partition coefficient (Wildman–Crippen LogP) is 3.17. The summed E-state index contributed by atoms with van der Waals surface area (Å²) in [5.41, 5.74) is 2.49. The molecule has 0 amide bonds. The Morgan fingerprint density at radius 1 is 1.39 bits per heavy atom. The van der Waals surface area contributed by atoms with Crippen molar-refractivity contribution in [2.45, 2.75) is 31.8 Å². The van der Waals surface area contributed by atoms with E-state index in [9.17, 15) is 14.3 Å². The van der Waals surface area contributed by atoms with E-state index in [1.54, 1.807) is 12.3 Å². The third kappa shape index (κ3) is 3.10. The molecule has 1 saturated heterocycles. The Bertz CT molecular complexity index is 720. The van der Waals surface area contributed by atoms with Crippen molar-refractivity contribution in [2.24, 2.45) is 0 Å². The summed E-state index contributed by atoms with van der Waals surface area (Å²) in [6.45, 7) is 2.61. The second-order valence-corrected chi connectivity index (χ2v) is 5.90. The zero-order valence-corrected chi connectivity index (χ0v) is 12.9. The van der Waals surface area contributed by atoms with E-state index in [-0.39, 0.29) is 11.9 Å². The van der Waals surface area contributed by atoms with E-state index in [0.29, 0.717) is 13.0 Å². The van der Waals surface area contributed by atoms with Gasteiger partial charge in [-0.1, -0.05) is 18.2 Å². The molecule has 2 unspecified atom stereocenters. The molecular weight excluding hydrogens is 295 g/mol. The van der Waals surface area contributed by atoms with Gasteiger partial charge in [-0.25, -0.2) is 4.39 Å². The van der Waals surface area contributed by atoms with Gasteiger partial charge in [0.25, 0.3) is 0 Å². The molecule has 120 valence electrons. The SMILES string of the molecule is Cc1cccnc1C(c1cccc(F)c1)N1CCCC1C(=O)O. The van der Waals surface area contributed by atoms with Crippen LogP contribution in [0.15, 0.2) is 42.6 Å². The summed E-state index contributed by atoms with van der Waals surface area (Å²) in [7, 11) is 0. The number of aryl methyl sites for hydroxylation is 1. The van der Waals surface area contributed by atoms with Gasteiger partial charge in [0.1, 0.15) is 11.9 Å². The van der Waals surface area contributed by atoms with Gasteiger partial charge in [0.15, 0.2) is 0 Å². The van der Waals surface area contributed by atoms with Crippen LogP contribution in [-0.2, 0) is 4.79 Å². The molecule has 4 nitrogen and oxygen atoms in total. The van der Waals surface area contributed by atoms with E-state index in [1.165, 1.54) is 12.1 Å². The van der Waals surface area contributed by atoms with Crippen molar-refractivity contribution in [3.8, 4) is 0 Å². The lowest BCUT2D eigenvalue weighted by Crippen LogP contribution is -2.39. The molecule has 0 saturated carbocycles. The Labute approximate surface area is 134 Å². The number of carboxylic acids is 1. The van der Waals surface area contributed by atoms with E-state index in [0.717, 1.165) is 23.2 Å². The van der Waals surface area contributed by atoms with Gasteiger partial charge in [-0.05, 0) is 49.1 Å². The van der Waals surface area contributed by atoms with Crippen LogP contribution in [0.5, 0.6) is 0 Å². The monoisotopic (exact) mass is 314 g/mol. The molecule has 1 aliphatic heterocycles. The Hall–Kier alpha value is -2.27. The van der Waals surface area contributed by atoms with Crippen molar-refractivity contribution < 1.29 is 14.3 Å². The van der Waals surface area contributed by atoms with Crippen molar-refractivity contribution in [1.29, 1.82) is 0 Å². The van der Waals surface area contributed by atoms with E-state index < -0.39 is 12.0 Å². The number of carboxylic acid groups (broad SMARTS) is 1. The predicted molar refractivity (Wildman–Crippen MR) is 84.6 cm³/mol.